The van der Waals surface area contributed by atoms with Crippen molar-refractivity contribution >= 4 is 28.0 Å². The summed E-state index contributed by atoms with van der Waals surface area (Å²) in [5.41, 5.74) is 1.82. The highest BCUT2D eigenvalue weighted by Crippen LogP contribution is 2.18. The topological polar surface area (TPSA) is 155 Å². The van der Waals surface area contributed by atoms with Gasteiger partial charge in [0.15, 0.2) is 0 Å². The fraction of sp³-hybridized carbons (Fsp3) is 0.200. The lowest BCUT2D eigenvalue weighted by atomic mass is 10.2. The lowest BCUT2D eigenvalue weighted by Gasteiger charge is -2.11. The van der Waals surface area contributed by atoms with Gasteiger partial charge in [-0.3, -0.25) is 0 Å². The van der Waals surface area contributed by atoms with Crippen molar-refractivity contribution in [2.75, 3.05) is 26.8 Å². The van der Waals surface area contributed by atoms with E-state index in [-0.39, 0.29) is 23.3 Å². The van der Waals surface area contributed by atoms with Crippen molar-refractivity contribution in [3.05, 3.63) is 35.9 Å². The second-order valence-electron chi connectivity index (χ2n) is 4.86. The number of nitrogens with one attached hydrogen (secondary N) is 2. The number of hydrogen-bond donors (Lipinski definition) is 2. The molecule has 0 fully saturated rings. The third-order valence-corrected chi connectivity index (χ3v) is 4.50. The number of amides is 1. The van der Waals surface area contributed by atoms with Crippen LogP contribution in [0.1, 0.15) is 10.4 Å². The van der Waals surface area contributed by atoms with Crippen LogP contribution in [0.3, 0.4) is 0 Å². The van der Waals surface area contributed by atoms with Crippen molar-refractivity contribution in [3.8, 4) is 11.8 Å². The zero-order chi connectivity index (χ0) is 20.7. The van der Waals surface area contributed by atoms with Crippen LogP contribution >= 0.6 is 0 Å². The molecule has 28 heavy (non-hydrogen) atoms. The average molecular weight is 412 g/mol. The summed E-state index contributed by atoms with van der Waals surface area (Å²) in [6.45, 7) is 0. The third kappa shape index (κ3) is 4.97. The van der Waals surface area contributed by atoms with E-state index in [0.29, 0.717) is 0 Å². The van der Waals surface area contributed by atoms with Crippen LogP contribution in [0.15, 0.2) is 35.2 Å². The predicted molar refractivity (Wildman–Crippen MR) is 93.3 cm³/mol. The van der Waals surface area contributed by atoms with E-state index < -0.39 is 27.0 Å². The van der Waals surface area contributed by atoms with Crippen molar-refractivity contribution in [3.63, 3.8) is 0 Å². The molecule has 150 valence electrons. The molecule has 0 saturated heterocycles. The zero-order valence-electron chi connectivity index (χ0n) is 15.0. The van der Waals surface area contributed by atoms with Crippen LogP contribution in [-0.4, -0.2) is 51.8 Å². The molecule has 0 atom stereocenters. The first-order chi connectivity index (χ1) is 13.3. The quantitative estimate of drug-likeness (QED) is 0.488. The van der Waals surface area contributed by atoms with E-state index in [1.807, 2.05) is 0 Å². The van der Waals surface area contributed by atoms with Crippen molar-refractivity contribution in [1.29, 1.82) is 0 Å². The summed E-state index contributed by atoms with van der Waals surface area (Å²) < 4.78 is 40.8. The van der Waals surface area contributed by atoms with Crippen LogP contribution in [0.5, 0.6) is 11.8 Å². The highest BCUT2D eigenvalue weighted by Gasteiger charge is 2.25. The minimum Gasteiger partial charge on any atom is -0.481 e. The Balaban J connectivity index is 2.12. The van der Waals surface area contributed by atoms with Crippen LogP contribution in [0.25, 0.3) is 0 Å². The number of carbonyl (C=O) groups is 2. The molecule has 1 aromatic heterocycles. The molecule has 0 unspecified atom stereocenters. The van der Waals surface area contributed by atoms with Gasteiger partial charge in [0.05, 0.1) is 33.0 Å². The molecule has 0 radical (unpaired) electrons. The van der Waals surface area contributed by atoms with E-state index in [9.17, 15) is 18.0 Å². The highest BCUT2D eigenvalue weighted by molar-refractivity contribution is 7.90. The van der Waals surface area contributed by atoms with Crippen molar-refractivity contribution in [1.82, 2.24) is 14.7 Å². The molecular formula is C15H16N4O8S. The number of anilines is 1. The van der Waals surface area contributed by atoms with Crippen molar-refractivity contribution < 1.29 is 37.1 Å². The Bertz CT molecular complexity index is 958. The normalized spacial score (nSPS) is 10.5. The highest BCUT2D eigenvalue weighted by atomic mass is 32.2. The van der Waals surface area contributed by atoms with Crippen molar-refractivity contribution in [2.24, 2.45) is 0 Å². The summed E-state index contributed by atoms with van der Waals surface area (Å²) in [6, 6.07) is 6.56. The van der Waals surface area contributed by atoms with E-state index in [1.165, 1.54) is 38.5 Å². The fourth-order valence-corrected chi connectivity index (χ4v) is 2.99. The molecule has 1 amide bonds. The number of ether oxygens (including phenoxy) is 3. The minimum absolute atomic E-state index is 0.109. The fourth-order valence-electron chi connectivity index (χ4n) is 1.92. The molecule has 0 aliphatic carbocycles. The van der Waals surface area contributed by atoms with Crippen LogP contribution in [0.4, 0.5) is 10.7 Å². The van der Waals surface area contributed by atoms with E-state index in [0.717, 1.165) is 13.2 Å². The zero-order valence-corrected chi connectivity index (χ0v) is 15.8. The second-order valence-corrected chi connectivity index (χ2v) is 6.51. The van der Waals surface area contributed by atoms with Gasteiger partial charge in [0.1, 0.15) is 4.90 Å². The standard InChI is InChI=1S/C15H16N4O8S/c1-24-11-8-12(25-2)17-14(16-11)18-27-15(21)19-28(22,23)10-7-5-4-6-9(10)13(20)26-3/h4-8H,1-3H3,(H,19,21)(H,16,17,18). The number of sulfonamides is 1. The summed E-state index contributed by atoms with van der Waals surface area (Å²) in [7, 11) is -0.631. The third-order valence-electron chi connectivity index (χ3n) is 3.13. The van der Waals surface area contributed by atoms with E-state index >= 15 is 0 Å². The van der Waals surface area contributed by atoms with Gasteiger partial charge in [-0.05, 0) is 12.1 Å². The van der Waals surface area contributed by atoms with E-state index in [4.69, 9.17) is 9.47 Å². The summed E-state index contributed by atoms with van der Waals surface area (Å²) in [4.78, 5) is 35.4. The minimum atomic E-state index is -4.43. The number of hydrogen-bond acceptors (Lipinski definition) is 11. The molecular weight excluding hydrogens is 396 g/mol. The Morgan fingerprint density at radius 1 is 1.00 bits per heavy atom. The lowest BCUT2D eigenvalue weighted by molar-refractivity contribution is 0.0596. The van der Waals surface area contributed by atoms with Gasteiger partial charge >= 0.3 is 12.1 Å². The molecule has 1 heterocycles. The summed E-state index contributed by atoms with van der Waals surface area (Å²) in [6.07, 6.45) is -1.40. The van der Waals surface area contributed by atoms with Gasteiger partial charge in [-0.1, -0.05) is 12.1 Å². The molecule has 13 heteroatoms. The van der Waals surface area contributed by atoms with E-state index in [1.54, 1.807) is 4.72 Å². The number of rotatable bonds is 7. The van der Waals surface area contributed by atoms with Crippen LogP contribution in [0.2, 0.25) is 0 Å². The first-order valence-corrected chi connectivity index (χ1v) is 8.93. The largest absolute Gasteiger partial charge is 0.481 e. The van der Waals surface area contributed by atoms with E-state index in [2.05, 4.69) is 25.0 Å². The Kier molecular flexibility index (Phi) is 6.55. The van der Waals surface area contributed by atoms with Gasteiger partial charge in [0.2, 0.25) is 11.8 Å². The van der Waals surface area contributed by atoms with Gasteiger partial charge in [-0.25, -0.2) is 22.7 Å². The molecule has 0 spiro atoms. The predicted octanol–water partition coefficient (Wildman–Crippen LogP) is 0.722. The Morgan fingerprint density at radius 2 is 1.61 bits per heavy atom. The smallest absolute Gasteiger partial charge is 0.445 e. The molecule has 0 saturated carbocycles. The van der Waals surface area contributed by atoms with Gasteiger partial charge in [-0.2, -0.15) is 15.4 Å². The van der Waals surface area contributed by atoms with Gasteiger partial charge < -0.3 is 19.0 Å². The monoisotopic (exact) mass is 412 g/mol. The van der Waals surface area contributed by atoms with Gasteiger partial charge in [0.25, 0.3) is 16.0 Å². The first kappa shape index (κ1) is 20.7. The van der Waals surface area contributed by atoms with Crippen LogP contribution < -0.4 is 19.7 Å². The van der Waals surface area contributed by atoms with Gasteiger partial charge in [-0.15, -0.1) is 0 Å². The Hall–Kier alpha value is -3.61. The summed E-state index contributed by atoms with van der Waals surface area (Å²) in [5.74, 6) is -0.890. The summed E-state index contributed by atoms with van der Waals surface area (Å²) >= 11 is 0. The number of carbonyl (C=O) groups excluding carboxylic acids is 2. The molecule has 2 aromatic rings. The maximum atomic E-state index is 12.4. The Morgan fingerprint density at radius 3 is 2.18 bits per heavy atom. The molecule has 2 rings (SSSR count). The molecule has 12 nitrogen and oxygen atoms in total. The first-order valence-electron chi connectivity index (χ1n) is 7.44. The molecule has 2 N–H and O–H groups in total. The number of aromatic nitrogens is 2. The van der Waals surface area contributed by atoms with Crippen LogP contribution in [-0.2, 0) is 19.6 Å². The SMILES string of the molecule is COC(=O)c1ccccc1S(=O)(=O)NC(=O)ONc1nc(OC)cc(OC)n1. The van der Waals surface area contributed by atoms with Gasteiger partial charge in [0, 0.05) is 0 Å². The Labute approximate surface area is 159 Å². The van der Waals surface area contributed by atoms with Crippen molar-refractivity contribution in [2.45, 2.75) is 4.90 Å². The number of benzene rings is 1. The number of esters is 1. The summed E-state index contributed by atoms with van der Waals surface area (Å²) in [5, 5.41) is 0. The lowest BCUT2D eigenvalue weighted by Crippen LogP contribution is -2.33. The molecule has 1 aromatic carbocycles. The number of nitrogens with zero attached hydrogens (tertiary/aromatic N) is 2. The van der Waals surface area contributed by atoms with Crippen LogP contribution in [0, 0.1) is 0 Å². The molecule has 0 aliphatic heterocycles. The molecule has 0 aliphatic rings. The molecule has 0 bridgehead atoms. The average Bonchev–Trinajstić information content (AvgIpc) is 2.71. The maximum Gasteiger partial charge on any atom is 0.445 e. The second kappa shape index (κ2) is 8.85. The maximum absolute atomic E-state index is 12.4. The number of methoxy groups -OCH3 is 3.